The average Bonchev–Trinajstić information content (AvgIpc) is 2.96. The van der Waals surface area contributed by atoms with Gasteiger partial charge in [-0.05, 0) is 57.3 Å². The van der Waals surface area contributed by atoms with Crippen molar-refractivity contribution in [3.8, 4) is 11.1 Å². The highest BCUT2D eigenvalue weighted by molar-refractivity contribution is 6.04. The molecule has 0 aliphatic heterocycles. The lowest BCUT2D eigenvalue weighted by Crippen LogP contribution is -2.34. The molecule has 0 fully saturated rings. The van der Waals surface area contributed by atoms with Crippen LogP contribution in [0.4, 0.5) is 5.82 Å². The first-order valence-electron chi connectivity index (χ1n) is 13.6. The first-order valence-corrected chi connectivity index (χ1v) is 13.6. The summed E-state index contributed by atoms with van der Waals surface area (Å²) in [6.45, 7) is 11.1. The summed E-state index contributed by atoms with van der Waals surface area (Å²) in [5.41, 5.74) is 4.62. The molecule has 0 aliphatic carbocycles. The molecule has 40 heavy (non-hydrogen) atoms. The Balaban J connectivity index is 0.00000216. The van der Waals surface area contributed by atoms with Gasteiger partial charge in [-0.2, -0.15) is 0 Å². The maximum absolute atomic E-state index is 13.6. The van der Waals surface area contributed by atoms with Crippen molar-refractivity contribution in [2.24, 2.45) is 5.41 Å². The van der Waals surface area contributed by atoms with E-state index in [1.165, 1.54) is 7.11 Å². The Kier molecular flexibility index (Phi) is 10.6. The number of hydrogen-bond acceptors (Lipinski definition) is 5. The number of carbonyl (C=O) groups excluding carboxylic acids is 2. The van der Waals surface area contributed by atoms with E-state index in [0.717, 1.165) is 33.0 Å². The molecule has 0 radical (unpaired) electrons. The van der Waals surface area contributed by atoms with Crippen LogP contribution in [0.1, 0.15) is 62.5 Å². The number of anilines is 1. The van der Waals surface area contributed by atoms with E-state index < -0.39 is 5.97 Å². The fourth-order valence-corrected chi connectivity index (χ4v) is 4.40. The maximum Gasteiger partial charge on any atom is 0.337 e. The molecule has 1 aromatic heterocycles. The molecule has 4 aromatic rings. The van der Waals surface area contributed by atoms with E-state index in [2.05, 4.69) is 74.3 Å². The van der Waals surface area contributed by atoms with Gasteiger partial charge in [0.15, 0.2) is 0 Å². The number of aromatic nitrogens is 1. The zero-order valence-electron chi connectivity index (χ0n) is 24.7. The quantitative estimate of drug-likeness (QED) is 0.213. The SMILES string of the molecule is CC.COCc1ccc(-c2ccc(CN(C(=O)CC(C)(C)C)c3nccc4cc(C(=O)OC)ccc34)cc2)cc1. The standard InChI is InChI=1S/C32H34N2O4.C2H6/c1-32(2,3)19-29(35)34(30-28-15-14-27(31(36)38-5)18-26(28)16-17-33-30)20-22-6-10-24(11-7-22)25-12-8-23(9-13-25)21-37-4;1-2/h6-18H,19-21H2,1-5H3;1-2H3. The number of pyridine rings is 1. The number of hydrogen-bond donors (Lipinski definition) is 0. The van der Waals surface area contributed by atoms with Crippen LogP contribution in [0.5, 0.6) is 0 Å². The Morgan fingerprint density at radius 1 is 0.825 bits per heavy atom. The van der Waals surface area contributed by atoms with E-state index in [-0.39, 0.29) is 11.3 Å². The van der Waals surface area contributed by atoms with Crippen molar-refractivity contribution in [1.82, 2.24) is 4.98 Å². The van der Waals surface area contributed by atoms with Crippen LogP contribution in [-0.2, 0) is 27.4 Å². The molecule has 0 N–H and O–H groups in total. The third kappa shape index (κ3) is 7.76. The number of carbonyl (C=O) groups is 2. The Labute approximate surface area is 238 Å². The number of methoxy groups -OCH3 is 2. The van der Waals surface area contributed by atoms with E-state index in [0.29, 0.717) is 31.0 Å². The second kappa shape index (κ2) is 13.9. The average molecular weight is 541 g/mol. The highest BCUT2D eigenvalue weighted by Gasteiger charge is 2.25. The van der Waals surface area contributed by atoms with E-state index >= 15 is 0 Å². The van der Waals surface area contributed by atoms with Crippen molar-refractivity contribution in [2.75, 3.05) is 19.1 Å². The van der Waals surface area contributed by atoms with Gasteiger partial charge in [-0.25, -0.2) is 9.78 Å². The van der Waals surface area contributed by atoms with E-state index in [1.54, 1.807) is 30.3 Å². The van der Waals surface area contributed by atoms with Crippen LogP contribution >= 0.6 is 0 Å². The molecule has 0 saturated carbocycles. The normalized spacial score (nSPS) is 11.0. The van der Waals surface area contributed by atoms with Crippen molar-refractivity contribution >= 4 is 28.5 Å². The highest BCUT2D eigenvalue weighted by atomic mass is 16.5. The summed E-state index contributed by atoms with van der Waals surface area (Å²) in [4.78, 5) is 32.0. The minimum Gasteiger partial charge on any atom is -0.465 e. The molecule has 4 rings (SSSR count). The van der Waals surface area contributed by atoms with Gasteiger partial charge in [-0.15, -0.1) is 0 Å². The predicted molar refractivity (Wildman–Crippen MR) is 162 cm³/mol. The molecule has 0 unspecified atom stereocenters. The van der Waals surface area contributed by atoms with Gasteiger partial charge in [0.2, 0.25) is 5.91 Å². The molecule has 1 amide bonds. The van der Waals surface area contributed by atoms with Gasteiger partial charge < -0.3 is 9.47 Å². The molecule has 0 spiro atoms. The van der Waals surface area contributed by atoms with Crippen LogP contribution < -0.4 is 4.90 Å². The molecule has 210 valence electrons. The molecule has 6 heteroatoms. The fraction of sp³-hybridized carbons (Fsp3) is 0.324. The largest absolute Gasteiger partial charge is 0.465 e. The lowest BCUT2D eigenvalue weighted by atomic mass is 9.91. The maximum atomic E-state index is 13.6. The van der Waals surface area contributed by atoms with Crippen LogP contribution in [0.25, 0.3) is 21.9 Å². The number of benzene rings is 3. The van der Waals surface area contributed by atoms with Crippen molar-refractivity contribution < 1.29 is 19.1 Å². The highest BCUT2D eigenvalue weighted by Crippen LogP contribution is 2.30. The molecule has 6 nitrogen and oxygen atoms in total. The number of fused-ring (bicyclic) bond motifs is 1. The molecular formula is C34H40N2O4. The van der Waals surface area contributed by atoms with Gasteiger partial charge in [0, 0.05) is 25.1 Å². The number of ether oxygens (including phenoxy) is 2. The predicted octanol–water partition coefficient (Wildman–Crippen LogP) is 7.83. The number of amides is 1. The van der Waals surface area contributed by atoms with Crippen molar-refractivity contribution in [1.29, 1.82) is 0 Å². The second-order valence-electron chi connectivity index (χ2n) is 10.6. The van der Waals surface area contributed by atoms with Crippen LogP contribution in [0.15, 0.2) is 79.0 Å². The Bertz CT molecular complexity index is 1420. The number of esters is 1. The van der Waals surface area contributed by atoms with Crippen LogP contribution in [0.2, 0.25) is 0 Å². The van der Waals surface area contributed by atoms with E-state index in [1.807, 2.05) is 26.0 Å². The summed E-state index contributed by atoms with van der Waals surface area (Å²) in [6.07, 6.45) is 2.05. The van der Waals surface area contributed by atoms with E-state index in [4.69, 9.17) is 9.47 Å². The summed E-state index contributed by atoms with van der Waals surface area (Å²) in [5.74, 6) is 0.165. The molecule has 3 aromatic carbocycles. The van der Waals surface area contributed by atoms with E-state index in [9.17, 15) is 9.59 Å². The van der Waals surface area contributed by atoms with Gasteiger partial charge in [0.1, 0.15) is 5.82 Å². The Hall–Kier alpha value is -4.03. The van der Waals surface area contributed by atoms with Gasteiger partial charge >= 0.3 is 5.97 Å². The monoisotopic (exact) mass is 540 g/mol. The van der Waals surface area contributed by atoms with Crippen molar-refractivity contribution in [2.45, 2.75) is 54.2 Å². The minimum absolute atomic E-state index is 0.00708. The fourth-order valence-electron chi connectivity index (χ4n) is 4.40. The summed E-state index contributed by atoms with van der Waals surface area (Å²) < 4.78 is 10.1. The van der Waals surface area contributed by atoms with Gasteiger partial charge in [0.05, 0.1) is 25.8 Å². The summed E-state index contributed by atoms with van der Waals surface area (Å²) >= 11 is 0. The Morgan fingerprint density at radius 2 is 1.43 bits per heavy atom. The minimum atomic E-state index is -0.403. The second-order valence-corrected chi connectivity index (χ2v) is 10.6. The third-order valence-electron chi connectivity index (χ3n) is 6.30. The lowest BCUT2D eigenvalue weighted by Gasteiger charge is -2.27. The summed E-state index contributed by atoms with van der Waals surface area (Å²) in [7, 11) is 3.05. The van der Waals surface area contributed by atoms with Crippen molar-refractivity contribution in [3.05, 3.63) is 95.7 Å². The van der Waals surface area contributed by atoms with Crippen LogP contribution in [-0.4, -0.2) is 31.1 Å². The number of rotatable bonds is 8. The summed E-state index contributed by atoms with van der Waals surface area (Å²) in [6, 6.07) is 23.7. The molecule has 0 aliphatic rings. The zero-order chi connectivity index (χ0) is 29.3. The first-order chi connectivity index (χ1) is 19.2. The smallest absolute Gasteiger partial charge is 0.337 e. The number of nitrogens with zero attached hydrogens (tertiary/aromatic N) is 2. The van der Waals surface area contributed by atoms with Gasteiger partial charge in [0.25, 0.3) is 0 Å². The molecule has 1 heterocycles. The van der Waals surface area contributed by atoms with Crippen molar-refractivity contribution in [3.63, 3.8) is 0 Å². The van der Waals surface area contributed by atoms with Gasteiger partial charge in [-0.3, -0.25) is 9.69 Å². The molecule has 0 bridgehead atoms. The first kappa shape index (κ1) is 30.5. The van der Waals surface area contributed by atoms with Crippen LogP contribution in [0.3, 0.4) is 0 Å². The Morgan fingerprint density at radius 3 is 1.98 bits per heavy atom. The molecular weight excluding hydrogens is 500 g/mol. The summed E-state index contributed by atoms with van der Waals surface area (Å²) in [5, 5.41) is 1.62. The topological polar surface area (TPSA) is 68.7 Å². The third-order valence-corrected chi connectivity index (χ3v) is 6.30. The lowest BCUT2D eigenvalue weighted by molar-refractivity contribution is -0.120. The van der Waals surface area contributed by atoms with Gasteiger partial charge in [-0.1, -0.05) is 83.1 Å². The molecule has 0 saturated heterocycles. The zero-order valence-corrected chi connectivity index (χ0v) is 24.7. The van der Waals surface area contributed by atoms with Crippen LogP contribution in [0, 0.1) is 5.41 Å². The molecule has 0 atom stereocenters.